The predicted molar refractivity (Wildman–Crippen MR) is 128 cm³/mol. The number of methoxy groups -OCH3 is 1. The van der Waals surface area contributed by atoms with Crippen LogP contribution in [0.2, 0.25) is 5.02 Å². The van der Waals surface area contributed by atoms with Crippen LogP contribution < -0.4 is 0 Å². The fourth-order valence-corrected chi connectivity index (χ4v) is 5.51. The first-order valence-electron chi connectivity index (χ1n) is 11.8. The molecule has 0 N–H and O–H groups in total. The smallest absolute Gasteiger partial charge is 0.240 e. The summed E-state index contributed by atoms with van der Waals surface area (Å²) >= 11 is 6.54. The number of rotatable bonds is 8. The van der Waals surface area contributed by atoms with E-state index in [2.05, 4.69) is 4.98 Å². The largest absolute Gasteiger partial charge is 0.385 e. The van der Waals surface area contributed by atoms with E-state index in [0.717, 1.165) is 24.8 Å². The summed E-state index contributed by atoms with van der Waals surface area (Å²) in [6.45, 7) is 1.31. The van der Waals surface area contributed by atoms with Gasteiger partial charge in [-0.3, -0.25) is 24.3 Å². The van der Waals surface area contributed by atoms with Crippen molar-refractivity contribution < 1.29 is 19.1 Å². The van der Waals surface area contributed by atoms with Gasteiger partial charge in [-0.15, -0.1) is 0 Å². The van der Waals surface area contributed by atoms with Crippen molar-refractivity contribution in [3.05, 3.63) is 64.9 Å². The van der Waals surface area contributed by atoms with Crippen molar-refractivity contribution in [2.24, 2.45) is 0 Å². The van der Waals surface area contributed by atoms with E-state index >= 15 is 0 Å². The first-order valence-corrected chi connectivity index (χ1v) is 12.1. The van der Waals surface area contributed by atoms with E-state index in [-0.39, 0.29) is 43.1 Å². The van der Waals surface area contributed by atoms with Crippen LogP contribution in [0.4, 0.5) is 0 Å². The number of piperidine rings is 1. The highest BCUT2D eigenvalue weighted by Crippen LogP contribution is 2.44. The number of hydrogen-bond acceptors (Lipinski definition) is 5. The van der Waals surface area contributed by atoms with E-state index in [1.165, 1.54) is 4.90 Å². The number of ether oxygens (including phenoxy) is 1. The molecule has 34 heavy (non-hydrogen) atoms. The van der Waals surface area contributed by atoms with Crippen LogP contribution in [0.25, 0.3) is 0 Å². The van der Waals surface area contributed by atoms with Crippen LogP contribution in [0.1, 0.15) is 55.7 Å². The summed E-state index contributed by atoms with van der Waals surface area (Å²) in [6.07, 6.45) is 6.63. The number of amides is 3. The number of aromatic nitrogens is 1. The molecule has 3 heterocycles. The van der Waals surface area contributed by atoms with Crippen LogP contribution in [-0.4, -0.2) is 59.3 Å². The van der Waals surface area contributed by atoms with E-state index in [9.17, 15) is 14.4 Å². The highest BCUT2D eigenvalue weighted by atomic mass is 35.5. The Morgan fingerprint density at radius 2 is 2.03 bits per heavy atom. The average Bonchev–Trinajstić information content (AvgIpc) is 3.09. The Balaban J connectivity index is 1.67. The van der Waals surface area contributed by atoms with Gasteiger partial charge in [-0.25, -0.2) is 0 Å². The Kier molecular flexibility index (Phi) is 7.63. The first-order chi connectivity index (χ1) is 16.5. The minimum absolute atomic E-state index is 0.0698. The fourth-order valence-electron chi connectivity index (χ4n) is 5.20. The maximum absolute atomic E-state index is 13.8. The van der Waals surface area contributed by atoms with Crippen molar-refractivity contribution in [2.45, 2.75) is 50.0 Å². The molecule has 0 radical (unpaired) electrons. The Labute approximate surface area is 205 Å². The summed E-state index contributed by atoms with van der Waals surface area (Å²) in [7, 11) is 1.58. The van der Waals surface area contributed by atoms with Crippen molar-refractivity contribution in [1.82, 2.24) is 14.8 Å². The summed E-state index contributed by atoms with van der Waals surface area (Å²) in [5, 5.41) is 0.387. The Hall–Kier alpha value is -2.77. The Morgan fingerprint density at radius 3 is 2.76 bits per heavy atom. The van der Waals surface area contributed by atoms with Gasteiger partial charge in [-0.1, -0.05) is 35.9 Å². The molecule has 0 saturated carbocycles. The number of hydrogen-bond donors (Lipinski definition) is 0. The molecule has 2 aliphatic heterocycles. The second-order valence-corrected chi connectivity index (χ2v) is 9.40. The zero-order valence-corrected chi connectivity index (χ0v) is 20.2. The van der Waals surface area contributed by atoms with Gasteiger partial charge in [0, 0.05) is 57.1 Å². The molecule has 4 rings (SSSR count). The number of nitrogens with zero attached hydrogens (tertiary/aromatic N) is 3. The van der Waals surface area contributed by atoms with Crippen molar-refractivity contribution in [3.63, 3.8) is 0 Å². The van der Waals surface area contributed by atoms with Crippen LogP contribution in [0.5, 0.6) is 0 Å². The first kappa shape index (κ1) is 24.4. The summed E-state index contributed by atoms with van der Waals surface area (Å²) in [4.78, 5) is 47.9. The molecule has 7 nitrogen and oxygen atoms in total. The van der Waals surface area contributed by atoms with Gasteiger partial charge in [0.15, 0.2) is 0 Å². The molecular weight excluding hydrogens is 454 g/mol. The van der Waals surface area contributed by atoms with Crippen LogP contribution in [0.3, 0.4) is 0 Å². The number of halogens is 1. The van der Waals surface area contributed by atoms with Crippen molar-refractivity contribution in [3.8, 4) is 0 Å². The molecule has 0 spiro atoms. The van der Waals surface area contributed by atoms with E-state index in [1.54, 1.807) is 43.8 Å². The van der Waals surface area contributed by atoms with Gasteiger partial charge >= 0.3 is 0 Å². The number of carbonyl (C=O) groups is 3. The number of pyridine rings is 1. The fraction of sp³-hybridized carbons (Fsp3) is 0.462. The quantitative estimate of drug-likeness (QED) is 0.420. The molecule has 2 saturated heterocycles. The standard InChI is InChI=1S/C26H30ClN3O4/c1-34-15-7-14-30-24(32)17-26(25(30)33,20-9-2-3-10-21(20)27)16-23(31)29-13-5-4-11-22(29)19-8-6-12-28-18-19/h2-3,6,8-10,12,18,22H,4-5,7,11,13-17H2,1H3/t22-,26+/m1/s1. The van der Waals surface area contributed by atoms with Gasteiger partial charge in [0.05, 0.1) is 11.5 Å². The molecule has 1 aromatic carbocycles. The van der Waals surface area contributed by atoms with Crippen LogP contribution >= 0.6 is 11.6 Å². The Bertz CT molecular complexity index is 1050. The van der Waals surface area contributed by atoms with Gasteiger partial charge in [0.25, 0.3) is 0 Å². The topological polar surface area (TPSA) is 79.8 Å². The number of imide groups is 1. The van der Waals surface area contributed by atoms with Crippen molar-refractivity contribution >= 4 is 29.3 Å². The van der Waals surface area contributed by atoms with E-state index in [0.29, 0.717) is 30.2 Å². The third-order valence-corrected chi connectivity index (χ3v) is 7.20. The summed E-state index contributed by atoms with van der Waals surface area (Å²) in [6, 6.07) is 10.8. The monoisotopic (exact) mass is 483 g/mol. The molecule has 1 aromatic heterocycles. The summed E-state index contributed by atoms with van der Waals surface area (Å²) in [5.74, 6) is -0.783. The number of carbonyl (C=O) groups excluding carboxylic acids is 3. The highest BCUT2D eigenvalue weighted by molar-refractivity contribution is 6.32. The SMILES string of the molecule is COCCCN1C(=O)C[C@@](CC(=O)N2CCCC[C@@H]2c2cccnc2)(c2ccccc2Cl)C1=O. The second-order valence-electron chi connectivity index (χ2n) is 9.00. The predicted octanol–water partition coefficient (Wildman–Crippen LogP) is 3.91. The maximum Gasteiger partial charge on any atom is 0.240 e. The van der Waals surface area contributed by atoms with E-state index in [1.807, 2.05) is 17.0 Å². The lowest BCUT2D eigenvalue weighted by Crippen LogP contribution is -2.46. The average molecular weight is 484 g/mol. The second kappa shape index (κ2) is 10.7. The summed E-state index contributed by atoms with van der Waals surface area (Å²) < 4.78 is 5.09. The highest BCUT2D eigenvalue weighted by Gasteiger charge is 2.55. The molecule has 3 amide bonds. The van der Waals surface area contributed by atoms with Crippen LogP contribution in [0.15, 0.2) is 48.8 Å². The zero-order valence-electron chi connectivity index (χ0n) is 19.4. The molecule has 8 heteroatoms. The Morgan fingerprint density at radius 1 is 1.21 bits per heavy atom. The lowest BCUT2D eigenvalue weighted by molar-refractivity contribution is -0.144. The van der Waals surface area contributed by atoms with Gasteiger partial charge in [-0.05, 0) is 48.9 Å². The molecule has 180 valence electrons. The van der Waals surface area contributed by atoms with Crippen LogP contribution in [-0.2, 0) is 24.5 Å². The van der Waals surface area contributed by atoms with E-state index < -0.39 is 5.41 Å². The van der Waals surface area contributed by atoms with Crippen molar-refractivity contribution in [1.29, 1.82) is 0 Å². The molecule has 2 aromatic rings. The van der Waals surface area contributed by atoms with Gasteiger partial charge in [-0.2, -0.15) is 0 Å². The van der Waals surface area contributed by atoms with Gasteiger partial charge in [0.1, 0.15) is 0 Å². The third-order valence-electron chi connectivity index (χ3n) is 6.87. The third kappa shape index (κ3) is 4.72. The molecule has 2 fully saturated rings. The molecular formula is C26H30ClN3O4. The summed E-state index contributed by atoms with van der Waals surface area (Å²) in [5.41, 5.74) is 0.209. The molecule has 2 atom stereocenters. The van der Waals surface area contributed by atoms with Gasteiger partial charge < -0.3 is 9.64 Å². The lowest BCUT2D eigenvalue weighted by Gasteiger charge is -2.38. The molecule has 0 bridgehead atoms. The maximum atomic E-state index is 13.8. The lowest BCUT2D eigenvalue weighted by atomic mass is 9.75. The number of benzene rings is 1. The minimum Gasteiger partial charge on any atom is -0.385 e. The normalized spacial score (nSPS) is 22.9. The molecule has 0 unspecified atom stereocenters. The zero-order chi connectivity index (χ0) is 24.1. The molecule has 0 aliphatic carbocycles. The van der Waals surface area contributed by atoms with E-state index in [4.69, 9.17) is 16.3 Å². The van der Waals surface area contributed by atoms with Crippen molar-refractivity contribution in [2.75, 3.05) is 26.8 Å². The number of likely N-dealkylation sites (tertiary alicyclic amines) is 2. The van der Waals surface area contributed by atoms with Gasteiger partial charge in [0.2, 0.25) is 17.7 Å². The minimum atomic E-state index is -1.31. The van der Waals surface area contributed by atoms with Crippen LogP contribution in [0, 0.1) is 0 Å². The molecule has 2 aliphatic rings.